The summed E-state index contributed by atoms with van der Waals surface area (Å²) in [6, 6.07) is 0. The van der Waals surface area contributed by atoms with Gasteiger partial charge in [-0.2, -0.15) is 0 Å². The Bertz CT molecular complexity index is 62.9. The zero-order valence-electron chi connectivity index (χ0n) is 8.61. The zero-order valence-corrected chi connectivity index (χ0v) is 10.8. The standard InChI is InChI=1S/C6H11I.C4H10.H3N/c1-2-3-4-5-6-7;1-3-4-2;/h2H,1,3-6H2;3-4H2,1-2H3;1H3. The Balaban J connectivity index is -0.000000142. The summed E-state index contributed by atoms with van der Waals surface area (Å²) in [6.07, 6.45) is 8.45. The van der Waals surface area contributed by atoms with Gasteiger partial charge in [0.15, 0.2) is 0 Å². The second-order valence-electron chi connectivity index (χ2n) is 2.47. The minimum absolute atomic E-state index is 0. The molecule has 2 heteroatoms. The minimum Gasteiger partial charge on any atom is -0.344 e. The molecule has 0 aromatic carbocycles. The molecule has 0 aliphatic heterocycles. The average molecular weight is 285 g/mol. The number of unbranched alkanes of at least 4 members (excludes halogenated alkanes) is 3. The van der Waals surface area contributed by atoms with Gasteiger partial charge in [0, 0.05) is 0 Å². The molecule has 1 nitrogen and oxygen atoms in total. The zero-order chi connectivity index (χ0) is 8.95. The van der Waals surface area contributed by atoms with Crippen LogP contribution in [0.5, 0.6) is 0 Å². The van der Waals surface area contributed by atoms with Crippen LogP contribution in [0.4, 0.5) is 0 Å². The second-order valence-corrected chi connectivity index (χ2v) is 3.55. The predicted octanol–water partition coefficient (Wildman–Crippen LogP) is 4.75. The van der Waals surface area contributed by atoms with Crippen LogP contribution < -0.4 is 6.15 Å². The van der Waals surface area contributed by atoms with Crippen LogP contribution in [0.3, 0.4) is 0 Å². The fraction of sp³-hybridized carbons (Fsp3) is 0.800. The smallest absolute Gasteiger partial charge is 0.000462 e. The molecule has 0 amide bonds. The van der Waals surface area contributed by atoms with Crippen LogP contribution in [0.25, 0.3) is 0 Å². The van der Waals surface area contributed by atoms with Crippen LogP contribution >= 0.6 is 22.6 Å². The molecule has 0 heterocycles. The van der Waals surface area contributed by atoms with Gasteiger partial charge in [-0.15, -0.1) is 6.58 Å². The van der Waals surface area contributed by atoms with Crippen molar-refractivity contribution in [3.63, 3.8) is 0 Å². The van der Waals surface area contributed by atoms with Crippen LogP contribution in [0.2, 0.25) is 0 Å². The van der Waals surface area contributed by atoms with Crippen molar-refractivity contribution in [2.24, 2.45) is 0 Å². The van der Waals surface area contributed by atoms with E-state index >= 15 is 0 Å². The SMILES string of the molecule is C=CCCCCI.CCCC.N. The lowest BCUT2D eigenvalue weighted by Crippen LogP contribution is -1.71. The van der Waals surface area contributed by atoms with E-state index in [1.807, 2.05) is 6.08 Å². The molecule has 12 heavy (non-hydrogen) atoms. The number of hydrogen-bond donors (Lipinski definition) is 1. The Morgan fingerprint density at radius 1 is 1.17 bits per heavy atom. The number of allylic oxidation sites excluding steroid dienone is 1. The monoisotopic (exact) mass is 285 g/mol. The molecular weight excluding hydrogens is 261 g/mol. The normalized spacial score (nSPS) is 7.58. The van der Waals surface area contributed by atoms with Gasteiger partial charge in [0.25, 0.3) is 0 Å². The summed E-state index contributed by atoms with van der Waals surface area (Å²) in [7, 11) is 0. The van der Waals surface area contributed by atoms with Crippen molar-refractivity contribution in [3.8, 4) is 0 Å². The summed E-state index contributed by atoms with van der Waals surface area (Å²) < 4.78 is 1.28. The number of alkyl halides is 1. The molecule has 0 unspecified atom stereocenters. The molecule has 0 bridgehead atoms. The molecule has 0 atom stereocenters. The number of hydrogen-bond acceptors (Lipinski definition) is 1. The van der Waals surface area contributed by atoms with Crippen LogP contribution in [0.1, 0.15) is 46.0 Å². The highest BCUT2D eigenvalue weighted by Crippen LogP contribution is 1.97. The summed E-state index contributed by atoms with van der Waals surface area (Å²) in [5, 5.41) is 0. The van der Waals surface area contributed by atoms with Crippen molar-refractivity contribution < 1.29 is 0 Å². The lowest BCUT2D eigenvalue weighted by molar-refractivity contribution is 0.832. The van der Waals surface area contributed by atoms with Gasteiger partial charge in [-0.3, -0.25) is 0 Å². The van der Waals surface area contributed by atoms with E-state index in [0.717, 1.165) is 0 Å². The molecule has 3 N–H and O–H groups in total. The van der Waals surface area contributed by atoms with Crippen LogP contribution in [0, 0.1) is 0 Å². The Morgan fingerprint density at radius 2 is 1.67 bits per heavy atom. The molecule has 0 aliphatic rings. The molecule has 0 aromatic rings. The van der Waals surface area contributed by atoms with E-state index in [0.29, 0.717) is 0 Å². The molecule has 0 aromatic heterocycles. The predicted molar refractivity (Wildman–Crippen MR) is 68.5 cm³/mol. The average Bonchev–Trinajstić information content (AvgIpc) is 2.06. The van der Waals surface area contributed by atoms with E-state index < -0.39 is 0 Å². The lowest BCUT2D eigenvalue weighted by atomic mass is 10.3. The van der Waals surface area contributed by atoms with Gasteiger partial charge in [-0.25, -0.2) is 0 Å². The lowest BCUT2D eigenvalue weighted by Gasteiger charge is -1.86. The topological polar surface area (TPSA) is 35.0 Å². The van der Waals surface area contributed by atoms with Crippen molar-refractivity contribution in [1.82, 2.24) is 6.15 Å². The highest BCUT2D eigenvalue weighted by atomic mass is 127. The van der Waals surface area contributed by atoms with Gasteiger partial charge in [-0.05, 0) is 23.7 Å². The third kappa shape index (κ3) is 31.5. The van der Waals surface area contributed by atoms with Gasteiger partial charge in [-0.1, -0.05) is 55.4 Å². The highest BCUT2D eigenvalue weighted by Gasteiger charge is 1.78. The van der Waals surface area contributed by atoms with Gasteiger partial charge in [0.2, 0.25) is 0 Å². The van der Waals surface area contributed by atoms with E-state index in [1.165, 1.54) is 36.5 Å². The first-order valence-electron chi connectivity index (χ1n) is 4.50. The van der Waals surface area contributed by atoms with Crippen molar-refractivity contribution in [2.45, 2.75) is 46.0 Å². The van der Waals surface area contributed by atoms with Crippen molar-refractivity contribution in [1.29, 1.82) is 0 Å². The van der Waals surface area contributed by atoms with Crippen molar-refractivity contribution in [2.75, 3.05) is 4.43 Å². The molecule has 0 spiro atoms. The minimum atomic E-state index is 0. The van der Waals surface area contributed by atoms with E-state index in [4.69, 9.17) is 0 Å². The molecule has 0 fully saturated rings. The highest BCUT2D eigenvalue weighted by molar-refractivity contribution is 14.1. The first-order valence-corrected chi connectivity index (χ1v) is 6.02. The Hall–Kier alpha value is 0.430. The van der Waals surface area contributed by atoms with Gasteiger partial charge in [0.05, 0.1) is 0 Å². The molecule has 0 rings (SSSR count). The van der Waals surface area contributed by atoms with E-state index in [2.05, 4.69) is 43.0 Å². The number of halogens is 1. The summed E-state index contributed by atoms with van der Waals surface area (Å²) in [5.74, 6) is 0. The van der Waals surface area contributed by atoms with Gasteiger partial charge in [0.1, 0.15) is 0 Å². The Morgan fingerprint density at radius 3 is 1.92 bits per heavy atom. The summed E-state index contributed by atoms with van der Waals surface area (Å²) in [5.41, 5.74) is 0. The first-order chi connectivity index (χ1) is 5.33. The van der Waals surface area contributed by atoms with Gasteiger partial charge >= 0.3 is 0 Å². The third-order valence-corrected chi connectivity index (χ3v) is 2.05. The maximum Gasteiger partial charge on any atom is -0.000462 e. The van der Waals surface area contributed by atoms with Gasteiger partial charge < -0.3 is 6.15 Å². The molecule has 0 aliphatic carbocycles. The van der Waals surface area contributed by atoms with Crippen LogP contribution in [0.15, 0.2) is 12.7 Å². The fourth-order valence-electron chi connectivity index (χ4n) is 0.383. The van der Waals surface area contributed by atoms with Crippen LogP contribution in [-0.2, 0) is 0 Å². The Labute approximate surface area is 91.7 Å². The maximum atomic E-state index is 3.63. The number of rotatable bonds is 5. The summed E-state index contributed by atoms with van der Waals surface area (Å²) in [4.78, 5) is 0. The quantitative estimate of drug-likeness (QED) is 0.336. The van der Waals surface area contributed by atoms with E-state index in [1.54, 1.807) is 0 Å². The van der Waals surface area contributed by atoms with Crippen molar-refractivity contribution >= 4 is 22.6 Å². The Kier molecular flexibility index (Phi) is 34.3. The second kappa shape index (κ2) is 22.5. The van der Waals surface area contributed by atoms with Crippen molar-refractivity contribution in [3.05, 3.63) is 12.7 Å². The molecule has 0 saturated heterocycles. The largest absolute Gasteiger partial charge is 0.344 e. The summed E-state index contributed by atoms with van der Waals surface area (Å²) >= 11 is 2.39. The molecular formula is C10H24IN. The van der Waals surface area contributed by atoms with E-state index in [9.17, 15) is 0 Å². The van der Waals surface area contributed by atoms with E-state index in [-0.39, 0.29) is 6.15 Å². The third-order valence-electron chi connectivity index (χ3n) is 1.29. The van der Waals surface area contributed by atoms with Crippen LogP contribution in [-0.4, -0.2) is 4.43 Å². The maximum absolute atomic E-state index is 3.63. The summed E-state index contributed by atoms with van der Waals surface area (Å²) in [6.45, 7) is 7.99. The molecule has 0 radical (unpaired) electrons. The molecule has 76 valence electrons. The first kappa shape index (κ1) is 18.3. The molecule has 0 saturated carbocycles. The fourth-order valence-corrected chi connectivity index (χ4v) is 0.923.